The molecule has 2 aromatic carbocycles. The van der Waals surface area contributed by atoms with E-state index in [2.05, 4.69) is 10.1 Å². The third kappa shape index (κ3) is 3.94. The number of nitrogens with zero attached hydrogens (tertiary/aromatic N) is 4. The predicted molar refractivity (Wildman–Crippen MR) is 109 cm³/mol. The van der Waals surface area contributed by atoms with Crippen LogP contribution in [0.25, 0.3) is 10.2 Å². The van der Waals surface area contributed by atoms with Gasteiger partial charge in [-0.15, -0.1) is 0 Å². The maximum absolute atomic E-state index is 14.1. The van der Waals surface area contributed by atoms with Crippen LogP contribution in [-0.2, 0) is 17.8 Å². The van der Waals surface area contributed by atoms with Gasteiger partial charge in [0.15, 0.2) is 5.13 Å². The first-order valence-corrected chi connectivity index (χ1v) is 9.80. The zero-order valence-corrected chi connectivity index (χ0v) is 16.2. The largest absolute Gasteiger partial charge is 0.286 e. The Morgan fingerprint density at radius 3 is 2.71 bits per heavy atom. The summed E-state index contributed by atoms with van der Waals surface area (Å²) in [6.07, 6.45) is 3.81. The van der Waals surface area contributed by atoms with Crippen LogP contribution in [0.5, 0.6) is 0 Å². The Morgan fingerprint density at radius 1 is 1.18 bits per heavy atom. The maximum atomic E-state index is 14.1. The van der Waals surface area contributed by atoms with Crippen molar-refractivity contribution in [1.29, 1.82) is 0 Å². The highest BCUT2D eigenvalue weighted by molar-refractivity contribution is 7.22. The molecule has 0 spiro atoms. The smallest absolute Gasteiger partial charge is 0.233 e. The van der Waals surface area contributed by atoms with Gasteiger partial charge in [-0.3, -0.25) is 14.4 Å². The molecule has 0 unspecified atom stereocenters. The van der Waals surface area contributed by atoms with Gasteiger partial charge in [-0.05, 0) is 30.7 Å². The molecule has 142 valence electrons. The molecule has 0 aliphatic heterocycles. The number of hydrogen-bond acceptors (Lipinski definition) is 4. The van der Waals surface area contributed by atoms with Crippen molar-refractivity contribution in [2.45, 2.75) is 19.9 Å². The van der Waals surface area contributed by atoms with E-state index in [1.54, 1.807) is 21.8 Å². The van der Waals surface area contributed by atoms with Crippen LogP contribution in [0.4, 0.5) is 9.52 Å². The van der Waals surface area contributed by atoms with Crippen LogP contribution < -0.4 is 4.90 Å². The van der Waals surface area contributed by atoms with Crippen molar-refractivity contribution < 1.29 is 9.18 Å². The number of para-hydroxylation sites is 1. The highest BCUT2D eigenvalue weighted by Crippen LogP contribution is 2.30. The van der Waals surface area contributed by atoms with Gasteiger partial charge in [-0.1, -0.05) is 47.2 Å². The number of fused-ring (bicyclic) bond motifs is 1. The summed E-state index contributed by atoms with van der Waals surface area (Å²) in [5.74, 6) is -0.450. The number of thiazole rings is 1. The van der Waals surface area contributed by atoms with E-state index in [-0.39, 0.29) is 18.1 Å². The van der Waals surface area contributed by atoms with Crippen LogP contribution in [0, 0.1) is 12.7 Å². The lowest BCUT2D eigenvalue weighted by Gasteiger charge is -2.20. The van der Waals surface area contributed by atoms with Crippen molar-refractivity contribution in [3.05, 3.63) is 77.9 Å². The molecule has 0 atom stereocenters. The van der Waals surface area contributed by atoms with E-state index in [4.69, 9.17) is 0 Å². The van der Waals surface area contributed by atoms with Gasteiger partial charge in [0.25, 0.3) is 0 Å². The molecule has 1 amide bonds. The Morgan fingerprint density at radius 2 is 2.00 bits per heavy atom. The zero-order valence-electron chi connectivity index (χ0n) is 15.4. The quantitative estimate of drug-likeness (QED) is 0.492. The van der Waals surface area contributed by atoms with E-state index in [1.807, 2.05) is 49.5 Å². The van der Waals surface area contributed by atoms with Crippen molar-refractivity contribution in [2.24, 2.45) is 0 Å². The van der Waals surface area contributed by atoms with Crippen LogP contribution in [0.2, 0.25) is 0 Å². The maximum Gasteiger partial charge on any atom is 0.233 e. The minimum atomic E-state index is -0.377. The molecule has 5 nitrogen and oxygen atoms in total. The zero-order chi connectivity index (χ0) is 19.5. The SMILES string of the molecule is Cc1ccc(CC(=O)N(CCn2cccn2)c2nc3c(F)cccc3s2)cc1. The molecule has 0 saturated heterocycles. The summed E-state index contributed by atoms with van der Waals surface area (Å²) in [5.41, 5.74) is 2.38. The lowest BCUT2D eigenvalue weighted by molar-refractivity contribution is -0.118. The molecule has 0 radical (unpaired) electrons. The van der Waals surface area contributed by atoms with E-state index in [9.17, 15) is 9.18 Å². The van der Waals surface area contributed by atoms with Gasteiger partial charge < -0.3 is 0 Å². The predicted octanol–water partition coefficient (Wildman–Crippen LogP) is 4.22. The van der Waals surface area contributed by atoms with Crippen LogP contribution >= 0.6 is 11.3 Å². The van der Waals surface area contributed by atoms with Gasteiger partial charge in [0.05, 0.1) is 17.7 Å². The molecule has 4 aromatic rings. The van der Waals surface area contributed by atoms with E-state index in [0.29, 0.717) is 23.7 Å². The van der Waals surface area contributed by atoms with Crippen molar-refractivity contribution in [2.75, 3.05) is 11.4 Å². The van der Waals surface area contributed by atoms with Gasteiger partial charge in [-0.25, -0.2) is 9.37 Å². The van der Waals surface area contributed by atoms with Crippen molar-refractivity contribution in [3.8, 4) is 0 Å². The standard InChI is InChI=1S/C21H19FN4OS/c1-15-6-8-16(9-7-15)14-19(27)26(13-12-25-11-3-10-23-25)21-24-20-17(22)4-2-5-18(20)28-21/h2-11H,12-14H2,1H3. The summed E-state index contributed by atoms with van der Waals surface area (Å²) in [4.78, 5) is 19.1. The minimum absolute atomic E-state index is 0.0736. The second-order valence-corrected chi connectivity index (χ2v) is 7.57. The Balaban J connectivity index is 1.62. The van der Waals surface area contributed by atoms with Gasteiger partial charge in [-0.2, -0.15) is 5.10 Å². The van der Waals surface area contributed by atoms with Crippen LogP contribution in [-0.4, -0.2) is 27.2 Å². The number of carbonyl (C=O) groups excluding carboxylic acids is 1. The van der Waals surface area contributed by atoms with Gasteiger partial charge in [0, 0.05) is 18.9 Å². The molecule has 0 fully saturated rings. The summed E-state index contributed by atoms with van der Waals surface area (Å²) in [6, 6.07) is 14.6. The van der Waals surface area contributed by atoms with Crippen LogP contribution in [0.1, 0.15) is 11.1 Å². The average molecular weight is 394 g/mol. The molecule has 7 heteroatoms. The number of benzene rings is 2. The van der Waals surface area contributed by atoms with Crippen molar-refractivity contribution in [3.63, 3.8) is 0 Å². The molecule has 28 heavy (non-hydrogen) atoms. The minimum Gasteiger partial charge on any atom is -0.286 e. The third-order valence-corrected chi connectivity index (χ3v) is 5.52. The monoisotopic (exact) mass is 394 g/mol. The number of anilines is 1. The van der Waals surface area contributed by atoms with Gasteiger partial charge in [0.2, 0.25) is 5.91 Å². The molecular weight excluding hydrogens is 375 g/mol. The molecule has 0 aliphatic rings. The Kier molecular flexibility index (Phi) is 5.16. The first-order chi connectivity index (χ1) is 13.6. The third-order valence-electron chi connectivity index (χ3n) is 4.48. The topological polar surface area (TPSA) is 51.0 Å². The fourth-order valence-electron chi connectivity index (χ4n) is 2.96. The summed E-state index contributed by atoms with van der Waals surface area (Å²) in [6.45, 7) is 2.95. The number of carbonyl (C=O) groups is 1. The number of rotatable bonds is 6. The number of aryl methyl sites for hydroxylation is 1. The molecule has 0 saturated carbocycles. The number of halogens is 1. The van der Waals surface area contributed by atoms with E-state index < -0.39 is 0 Å². The van der Waals surface area contributed by atoms with Crippen LogP contribution in [0.3, 0.4) is 0 Å². The second-order valence-electron chi connectivity index (χ2n) is 6.56. The van der Waals surface area contributed by atoms with E-state index in [1.165, 1.54) is 17.4 Å². The van der Waals surface area contributed by atoms with E-state index in [0.717, 1.165) is 15.8 Å². The molecule has 4 rings (SSSR count). The lowest BCUT2D eigenvalue weighted by Crippen LogP contribution is -2.35. The lowest BCUT2D eigenvalue weighted by atomic mass is 10.1. The summed E-state index contributed by atoms with van der Waals surface area (Å²) in [7, 11) is 0. The highest BCUT2D eigenvalue weighted by Gasteiger charge is 2.21. The molecule has 0 N–H and O–H groups in total. The average Bonchev–Trinajstić information content (AvgIpc) is 3.34. The number of aromatic nitrogens is 3. The first-order valence-electron chi connectivity index (χ1n) is 8.98. The second kappa shape index (κ2) is 7.90. The molecular formula is C21H19FN4OS. The molecule has 2 heterocycles. The Bertz CT molecular complexity index is 1090. The fourth-order valence-corrected chi connectivity index (χ4v) is 3.98. The summed E-state index contributed by atoms with van der Waals surface area (Å²) in [5, 5.41) is 4.70. The normalized spacial score (nSPS) is 11.1. The summed E-state index contributed by atoms with van der Waals surface area (Å²) >= 11 is 1.32. The highest BCUT2D eigenvalue weighted by atomic mass is 32.1. The molecule has 0 aliphatic carbocycles. The summed E-state index contributed by atoms with van der Waals surface area (Å²) < 4.78 is 16.6. The van der Waals surface area contributed by atoms with Gasteiger partial charge >= 0.3 is 0 Å². The number of amides is 1. The Labute approximate surface area is 166 Å². The van der Waals surface area contributed by atoms with Crippen molar-refractivity contribution >= 4 is 32.6 Å². The Hall–Kier alpha value is -3.06. The van der Waals surface area contributed by atoms with Crippen molar-refractivity contribution in [1.82, 2.24) is 14.8 Å². The molecule has 0 bridgehead atoms. The van der Waals surface area contributed by atoms with Gasteiger partial charge in [0.1, 0.15) is 11.3 Å². The fraction of sp³-hybridized carbons (Fsp3) is 0.190. The van der Waals surface area contributed by atoms with Crippen LogP contribution in [0.15, 0.2) is 60.9 Å². The van der Waals surface area contributed by atoms with E-state index >= 15 is 0 Å². The first kappa shape index (κ1) is 18.3. The molecule has 2 aromatic heterocycles. The number of hydrogen-bond donors (Lipinski definition) is 0.